The van der Waals surface area contributed by atoms with Crippen LogP contribution in [0.4, 0.5) is 0 Å². The molecule has 31 heavy (non-hydrogen) atoms. The second kappa shape index (κ2) is 11.9. The fraction of sp³-hybridized carbons (Fsp3) is 0.464. The fourth-order valence-corrected chi connectivity index (χ4v) is 4.36. The smallest absolute Gasteiger partial charge is 0.210 e. The van der Waals surface area contributed by atoms with Crippen molar-refractivity contribution < 1.29 is 4.79 Å². The minimum Gasteiger partial charge on any atom is -0.313 e. The zero-order chi connectivity index (χ0) is 22.1. The number of fused-ring (bicyclic) bond motifs is 1. The third kappa shape index (κ3) is 6.07. The molecule has 2 heterocycles. The zero-order valence-electron chi connectivity index (χ0n) is 19.6. The van der Waals surface area contributed by atoms with Gasteiger partial charge in [-0.25, -0.2) is 0 Å². The average molecular weight is 419 g/mol. The van der Waals surface area contributed by atoms with Crippen LogP contribution >= 0.6 is 0 Å². The molecule has 0 bridgehead atoms. The molecule has 1 aromatic carbocycles. The van der Waals surface area contributed by atoms with E-state index in [1.54, 1.807) is 0 Å². The molecule has 0 spiro atoms. The van der Waals surface area contributed by atoms with Crippen molar-refractivity contribution >= 4 is 11.3 Å². The molecular formula is C28H38N2O. The summed E-state index contributed by atoms with van der Waals surface area (Å²) in [5.74, 6) is 0.127. The van der Waals surface area contributed by atoms with E-state index in [9.17, 15) is 4.79 Å². The van der Waals surface area contributed by atoms with Gasteiger partial charge in [-0.05, 0) is 87.5 Å². The lowest BCUT2D eigenvalue weighted by Crippen LogP contribution is -2.25. The molecule has 3 nitrogen and oxygen atoms in total. The van der Waals surface area contributed by atoms with Crippen molar-refractivity contribution in [2.75, 3.05) is 19.6 Å². The normalized spacial score (nSPS) is 11.5. The van der Waals surface area contributed by atoms with Crippen molar-refractivity contribution in [3.63, 3.8) is 0 Å². The monoisotopic (exact) mass is 418 g/mol. The summed E-state index contributed by atoms with van der Waals surface area (Å²) in [6, 6.07) is 16.6. The van der Waals surface area contributed by atoms with Crippen LogP contribution in [0, 0.1) is 0 Å². The average Bonchev–Trinajstić information content (AvgIpc) is 3.18. The molecule has 0 aliphatic rings. The third-order valence-corrected chi connectivity index (χ3v) is 6.17. The lowest BCUT2D eigenvalue weighted by atomic mass is 10.00. The van der Waals surface area contributed by atoms with E-state index < -0.39 is 0 Å². The Bertz CT molecular complexity index is 955. The van der Waals surface area contributed by atoms with Crippen LogP contribution in [0.3, 0.4) is 0 Å². The Morgan fingerprint density at radius 2 is 1.68 bits per heavy atom. The molecule has 0 unspecified atom stereocenters. The Kier molecular flexibility index (Phi) is 8.90. The highest BCUT2D eigenvalue weighted by atomic mass is 16.1. The van der Waals surface area contributed by atoms with Crippen molar-refractivity contribution in [2.24, 2.45) is 0 Å². The Labute approximate surface area is 188 Å². The van der Waals surface area contributed by atoms with E-state index in [4.69, 9.17) is 0 Å². The third-order valence-electron chi connectivity index (χ3n) is 6.17. The van der Waals surface area contributed by atoms with Gasteiger partial charge in [0, 0.05) is 17.3 Å². The summed E-state index contributed by atoms with van der Waals surface area (Å²) < 4.78 is 2.05. The Balaban J connectivity index is 1.67. The van der Waals surface area contributed by atoms with Gasteiger partial charge in [0.2, 0.25) is 5.78 Å². The molecular weight excluding hydrogens is 380 g/mol. The predicted octanol–water partition coefficient (Wildman–Crippen LogP) is 6.57. The number of rotatable bonds is 13. The van der Waals surface area contributed by atoms with Gasteiger partial charge in [-0.15, -0.1) is 0 Å². The summed E-state index contributed by atoms with van der Waals surface area (Å²) in [6.45, 7) is 10.2. The van der Waals surface area contributed by atoms with Gasteiger partial charge in [-0.2, -0.15) is 0 Å². The lowest BCUT2D eigenvalue weighted by molar-refractivity contribution is 0.103. The maximum atomic E-state index is 13.4. The van der Waals surface area contributed by atoms with Crippen LogP contribution in [-0.4, -0.2) is 34.7 Å². The van der Waals surface area contributed by atoms with Crippen molar-refractivity contribution in [1.29, 1.82) is 0 Å². The highest BCUT2D eigenvalue weighted by Gasteiger charge is 2.18. The van der Waals surface area contributed by atoms with Crippen molar-refractivity contribution in [1.82, 2.24) is 9.30 Å². The highest BCUT2D eigenvalue weighted by molar-refractivity contribution is 6.09. The molecule has 0 aliphatic heterocycles. The minimum atomic E-state index is 0.127. The number of benzene rings is 1. The summed E-state index contributed by atoms with van der Waals surface area (Å²) in [7, 11) is 0. The van der Waals surface area contributed by atoms with E-state index >= 15 is 0 Å². The van der Waals surface area contributed by atoms with Gasteiger partial charge in [-0.3, -0.25) is 4.79 Å². The van der Waals surface area contributed by atoms with Crippen LogP contribution < -0.4 is 0 Å². The Morgan fingerprint density at radius 3 is 2.39 bits per heavy atom. The van der Waals surface area contributed by atoms with Crippen molar-refractivity contribution in [2.45, 2.75) is 65.7 Å². The van der Waals surface area contributed by atoms with Crippen molar-refractivity contribution in [3.8, 4) is 0 Å². The second-order valence-corrected chi connectivity index (χ2v) is 8.53. The van der Waals surface area contributed by atoms with Crippen molar-refractivity contribution in [3.05, 3.63) is 77.1 Å². The van der Waals surface area contributed by atoms with Gasteiger partial charge in [0.1, 0.15) is 0 Å². The molecule has 0 amide bonds. The van der Waals surface area contributed by atoms with Gasteiger partial charge in [-0.1, -0.05) is 57.5 Å². The van der Waals surface area contributed by atoms with Crippen LogP contribution in [0.5, 0.6) is 0 Å². The standard InChI is InChI=1S/C28H38N2O/c1-4-7-13-25-22-26-14-9-11-21-30(26)27(25)28(31)24-17-15-23(16-18-24)12-8-10-20-29(6-3)19-5-2/h9,11,14-18,21-22H,4-8,10,12-13,19-20H2,1-3H3. The Hall–Kier alpha value is -2.39. The topological polar surface area (TPSA) is 24.7 Å². The van der Waals surface area contributed by atoms with Gasteiger partial charge < -0.3 is 9.30 Å². The van der Waals surface area contributed by atoms with E-state index in [0.29, 0.717) is 0 Å². The highest BCUT2D eigenvalue weighted by Crippen LogP contribution is 2.22. The molecule has 2 aromatic heterocycles. The lowest BCUT2D eigenvalue weighted by Gasteiger charge is -2.19. The summed E-state index contributed by atoms with van der Waals surface area (Å²) >= 11 is 0. The molecule has 0 saturated heterocycles. The number of unbranched alkanes of at least 4 members (excludes halogenated alkanes) is 2. The first-order valence-corrected chi connectivity index (χ1v) is 12.1. The summed E-state index contributed by atoms with van der Waals surface area (Å²) in [5, 5.41) is 0. The van der Waals surface area contributed by atoms with Crippen LogP contribution in [-0.2, 0) is 12.8 Å². The molecule has 0 radical (unpaired) electrons. The largest absolute Gasteiger partial charge is 0.313 e. The first-order valence-electron chi connectivity index (χ1n) is 12.1. The van der Waals surface area contributed by atoms with E-state index in [0.717, 1.165) is 54.6 Å². The number of hydrogen-bond acceptors (Lipinski definition) is 2. The van der Waals surface area contributed by atoms with Crippen LogP contribution in [0.1, 0.15) is 80.1 Å². The summed E-state index contributed by atoms with van der Waals surface area (Å²) in [5.41, 5.74) is 5.19. The number of pyridine rings is 1. The number of carbonyl (C=O) groups is 1. The number of aryl methyl sites for hydroxylation is 2. The molecule has 3 aromatic rings. The molecule has 3 heteroatoms. The van der Waals surface area contributed by atoms with Crippen LogP contribution in [0.2, 0.25) is 0 Å². The number of nitrogens with zero attached hydrogens (tertiary/aromatic N) is 2. The summed E-state index contributed by atoms with van der Waals surface area (Å²) in [6.07, 6.45) is 9.90. The molecule has 0 saturated carbocycles. The zero-order valence-corrected chi connectivity index (χ0v) is 19.6. The number of hydrogen-bond donors (Lipinski definition) is 0. The second-order valence-electron chi connectivity index (χ2n) is 8.53. The molecule has 0 atom stereocenters. The number of ketones is 1. The SMILES string of the molecule is CCCCc1cc2ccccn2c1C(=O)c1ccc(CCCCN(CC)CCC)cc1. The van der Waals surface area contributed by atoms with E-state index in [2.05, 4.69) is 54.3 Å². The molecule has 166 valence electrons. The van der Waals surface area contributed by atoms with E-state index in [-0.39, 0.29) is 5.78 Å². The quantitative estimate of drug-likeness (QED) is 0.232. The maximum Gasteiger partial charge on any atom is 0.210 e. The first-order chi connectivity index (χ1) is 15.2. The van der Waals surface area contributed by atoms with E-state index in [1.165, 1.54) is 37.9 Å². The predicted molar refractivity (Wildman–Crippen MR) is 131 cm³/mol. The molecule has 0 N–H and O–H groups in total. The molecule has 3 rings (SSSR count). The van der Waals surface area contributed by atoms with E-state index in [1.807, 2.05) is 30.5 Å². The van der Waals surface area contributed by atoms with Gasteiger partial charge in [0.25, 0.3) is 0 Å². The van der Waals surface area contributed by atoms with Crippen LogP contribution in [0.15, 0.2) is 54.7 Å². The fourth-order valence-electron chi connectivity index (χ4n) is 4.36. The maximum absolute atomic E-state index is 13.4. The van der Waals surface area contributed by atoms with Gasteiger partial charge in [0.15, 0.2) is 0 Å². The molecule has 0 aliphatic carbocycles. The first kappa shape index (κ1) is 23.3. The van der Waals surface area contributed by atoms with Crippen LogP contribution in [0.25, 0.3) is 5.52 Å². The Morgan fingerprint density at radius 1 is 0.871 bits per heavy atom. The van der Waals surface area contributed by atoms with Gasteiger partial charge in [0.05, 0.1) is 5.69 Å². The number of carbonyl (C=O) groups excluding carboxylic acids is 1. The minimum absolute atomic E-state index is 0.127. The number of aromatic nitrogens is 1. The molecule has 0 fully saturated rings. The van der Waals surface area contributed by atoms with Gasteiger partial charge >= 0.3 is 0 Å². The summed E-state index contributed by atoms with van der Waals surface area (Å²) in [4.78, 5) is 15.9.